The molecule has 0 fully saturated rings. The number of ketones is 1. The maximum atomic E-state index is 13.0. The molecule has 0 unspecified atom stereocenters. The molecule has 0 saturated heterocycles. The minimum atomic E-state index is -0.330. The zero-order valence-electron chi connectivity index (χ0n) is 13.1. The second-order valence-electron chi connectivity index (χ2n) is 5.94. The van der Waals surface area contributed by atoms with Crippen molar-refractivity contribution in [3.05, 3.63) is 77.9 Å². The van der Waals surface area contributed by atoms with E-state index in [-0.39, 0.29) is 28.6 Å². The van der Waals surface area contributed by atoms with Crippen molar-refractivity contribution in [1.82, 2.24) is 0 Å². The first-order valence-electron chi connectivity index (χ1n) is 7.75. The van der Waals surface area contributed by atoms with Gasteiger partial charge in [-0.25, -0.2) is 0 Å². The Balaban J connectivity index is 1.92. The summed E-state index contributed by atoms with van der Waals surface area (Å²) in [5.74, 6) is -0.314. The smallest absolute Gasteiger partial charge is 0.197 e. The molecule has 4 rings (SSSR count). The molecule has 0 bridgehead atoms. The van der Waals surface area contributed by atoms with Crippen LogP contribution in [0.1, 0.15) is 15.9 Å². The van der Waals surface area contributed by atoms with Gasteiger partial charge in [-0.15, -0.1) is 0 Å². The highest BCUT2D eigenvalue weighted by atomic mass is 16.3. The second kappa shape index (κ2) is 5.53. The van der Waals surface area contributed by atoms with Crippen molar-refractivity contribution < 1.29 is 20.1 Å². The summed E-state index contributed by atoms with van der Waals surface area (Å²) in [6, 6.07) is 18.0. The molecule has 0 aliphatic heterocycles. The van der Waals surface area contributed by atoms with Crippen molar-refractivity contribution in [1.29, 1.82) is 0 Å². The van der Waals surface area contributed by atoms with Crippen LogP contribution in [0.25, 0.3) is 21.5 Å². The van der Waals surface area contributed by atoms with E-state index < -0.39 is 0 Å². The van der Waals surface area contributed by atoms with Gasteiger partial charge in [0.05, 0.1) is 5.56 Å². The lowest BCUT2D eigenvalue weighted by Crippen LogP contribution is -2.03. The van der Waals surface area contributed by atoms with Crippen molar-refractivity contribution in [2.75, 3.05) is 0 Å². The van der Waals surface area contributed by atoms with E-state index >= 15 is 0 Å². The fraction of sp³-hybridized carbons (Fsp3) is 0. The number of fused-ring (bicyclic) bond motifs is 2. The van der Waals surface area contributed by atoms with Gasteiger partial charge in [0, 0.05) is 5.56 Å². The lowest BCUT2D eigenvalue weighted by atomic mass is 9.95. The molecule has 3 N–H and O–H groups in total. The van der Waals surface area contributed by atoms with E-state index in [4.69, 9.17) is 0 Å². The molecule has 0 aromatic heterocycles. The first-order chi connectivity index (χ1) is 12.0. The highest BCUT2D eigenvalue weighted by molar-refractivity contribution is 6.18. The number of hydrogen-bond acceptors (Lipinski definition) is 4. The number of aromatic hydroxyl groups is 3. The Morgan fingerprint density at radius 2 is 1.36 bits per heavy atom. The van der Waals surface area contributed by atoms with E-state index in [0.29, 0.717) is 16.3 Å². The summed E-state index contributed by atoms with van der Waals surface area (Å²) in [5, 5.41) is 32.4. The highest BCUT2D eigenvalue weighted by Gasteiger charge is 2.17. The van der Waals surface area contributed by atoms with Gasteiger partial charge in [-0.3, -0.25) is 4.79 Å². The Labute approximate surface area is 143 Å². The molecular formula is C21H14O4. The van der Waals surface area contributed by atoms with Crippen LogP contribution in [0.4, 0.5) is 0 Å². The van der Waals surface area contributed by atoms with Crippen LogP contribution in [0.15, 0.2) is 66.7 Å². The van der Waals surface area contributed by atoms with Crippen molar-refractivity contribution >= 4 is 27.3 Å². The fourth-order valence-electron chi connectivity index (χ4n) is 3.06. The number of phenolic OH excluding ortho intramolecular Hbond substituents is 3. The summed E-state index contributed by atoms with van der Waals surface area (Å²) in [5.41, 5.74) is 0.580. The first kappa shape index (κ1) is 15.0. The minimum Gasteiger partial charge on any atom is -0.508 e. The molecule has 25 heavy (non-hydrogen) atoms. The third-order valence-corrected chi connectivity index (χ3v) is 4.29. The summed E-state index contributed by atoms with van der Waals surface area (Å²) in [6.45, 7) is 0. The third kappa shape index (κ3) is 2.54. The average Bonchev–Trinajstić information content (AvgIpc) is 2.60. The van der Waals surface area contributed by atoms with Crippen molar-refractivity contribution in [2.24, 2.45) is 0 Å². The summed E-state index contributed by atoms with van der Waals surface area (Å²) in [4.78, 5) is 13.0. The fourth-order valence-corrected chi connectivity index (χ4v) is 3.06. The molecule has 0 spiro atoms. The van der Waals surface area contributed by atoms with Crippen LogP contribution in [0.2, 0.25) is 0 Å². The molecule has 0 atom stereocenters. The summed E-state index contributed by atoms with van der Waals surface area (Å²) < 4.78 is 0. The molecule has 0 amide bonds. The summed E-state index contributed by atoms with van der Waals surface area (Å²) >= 11 is 0. The van der Waals surface area contributed by atoms with Crippen LogP contribution in [0.5, 0.6) is 17.2 Å². The summed E-state index contributed by atoms with van der Waals surface area (Å²) in [6.07, 6.45) is 0. The average molecular weight is 330 g/mol. The zero-order chi connectivity index (χ0) is 17.6. The van der Waals surface area contributed by atoms with E-state index in [0.717, 1.165) is 10.8 Å². The Hall–Kier alpha value is -3.53. The van der Waals surface area contributed by atoms with E-state index in [1.54, 1.807) is 42.5 Å². The van der Waals surface area contributed by atoms with Gasteiger partial charge in [0.25, 0.3) is 0 Å². The zero-order valence-corrected chi connectivity index (χ0v) is 13.1. The molecule has 4 heteroatoms. The monoisotopic (exact) mass is 330 g/mol. The maximum absolute atomic E-state index is 13.0. The van der Waals surface area contributed by atoms with Crippen LogP contribution in [0, 0.1) is 0 Å². The lowest BCUT2D eigenvalue weighted by molar-refractivity contribution is 0.103. The molecule has 0 aliphatic rings. The van der Waals surface area contributed by atoms with Crippen LogP contribution in [-0.4, -0.2) is 21.1 Å². The van der Waals surface area contributed by atoms with Gasteiger partial charge in [-0.1, -0.05) is 30.3 Å². The van der Waals surface area contributed by atoms with Crippen LogP contribution < -0.4 is 0 Å². The Bertz CT molecular complexity index is 1150. The van der Waals surface area contributed by atoms with Gasteiger partial charge < -0.3 is 15.3 Å². The normalized spacial score (nSPS) is 11.0. The molecule has 0 saturated carbocycles. The number of hydrogen-bond donors (Lipinski definition) is 3. The van der Waals surface area contributed by atoms with Crippen LogP contribution >= 0.6 is 0 Å². The quantitative estimate of drug-likeness (QED) is 0.478. The number of carbonyl (C=O) groups excluding carboxylic acids is 1. The van der Waals surface area contributed by atoms with Crippen molar-refractivity contribution in [3.8, 4) is 17.2 Å². The van der Waals surface area contributed by atoms with Gasteiger partial charge >= 0.3 is 0 Å². The number of rotatable bonds is 2. The Morgan fingerprint density at radius 3 is 2.16 bits per heavy atom. The number of phenols is 3. The van der Waals surface area contributed by atoms with Gasteiger partial charge in [-0.2, -0.15) is 0 Å². The second-order valence-corrected chi connectivity index (χ2v) is 5.94. The van der Waals surface area contributed by atoms with E-state index in [1.807, 2.05) is 6.07 Å². The van der Waals surface area contributed by atoms with Gasteiger partial charge in [0.15, 0.2) is 5.78 Å². The standard InChI is InChI=1S/C21H14O4/c22-15-7-5-13-9-19(20(24)10-14(13)8-15)21(25)17-3-1-2-12-4-6-16(23)11-18(12)17/h1-11,22-24H. The molecule has 0 radical (unpaired) electrons. The van der Waals surface area contributed by atoms with Crippen LogP contribution in [-0.2, 0) is 0 Å². The van der Waals surface area contributed by atoms with Gasteiger partial charge in [0.2, 0.25) is 0 Å². The van der Waals surface area contributed by atoms with Crippen molar-refractivity contribution in [2.45, 2.75) is 0 Å². The van der Waals surface area contributed by atoms with E-state index in [1.165, 1.54) is 18.2 Å². The number of benzene rings is 4. The molecule has 4 aromatic rings. The highest BCUT2D eigenvalue weighted by Crippen LogP contribution is 2.31. The van der Waals surface area contributed by atoms with E-state index in [2.05, 4.69) is 0 Å². The number of carbonyl (C=O) groups is 1. The molecule has 4 aromatic carbocycles. The molecule has 0 aliphatic carbocycles. The minimum absolute atomic E-state index is 0.0750. The first-order valence-corrected chi connectivity index (χ1v) is 7.75. The largest absolute Gasteiger partial charge is 0.508 e. The van der Waals surface area contributed by atoms with Crippen molar-refractivity contribution in [3.63, 3.8) is 0 Å². The summed E-state index contributed by atoms with van der Waals surface area (Å²) in [7, 11) is 0. The predicted molar refractivity (Wildman–Crippen MR) is 96.3 cm³/mol. The topological polar surface area (TPSA) is 77.8 Å². The molecule has 0 heterocycles. The SMILES string of the molecule is O=C(c1cc2ccc(O)cc2cc1O)c1cccc2ccc(O)cc12. The van der Waals surface area contributed by atoms with E-state index in [9.17, 15) is 20.1 Å². The third-order valence-electron chi connectivity index (χ3n) is 4.29. The molecule has 4 nitrogen and oxygen atoms in total. The van der Waals surface area contributed by atoms with Crippen LogP contribution in [0.3, 0.4) is 0 Å². The Kier molecular flexibility index (Phi) is 3.32. The Morgan fingerprint density at radius 1 is 0.640 bits per heavy atom. The lowest BCUT2D eigenvalue weighted by Gasteiger charge is -2.09. The van der Waals surface area contributed by atoms with Gasteiger partial charge in [-0.05, 0) is 57.9 Å². The predicted octanol–water partition coefficient (Wildman–Crippen LogP) is 4.34. The van der Waals surface area contributed by atoms with Gasteiger partial charge in [0.1, 0.15) is 17.2 Å². The molecular weight excluding hydrogens is 316 g/mol. The molecule has 122 valence electrons. The maximum Gasteiger partial charge on any atom is 0.197 e.